The van der Waals surface area contributed by atoms with Gasteiger partial charge in [0.1, 0.15) is 0 Å². The van der Waals surface area contributed by atoms with Gasteiger partial charge in [0.15, 0.2) is 0 Å². The van der Waals surface area contributed by atoms with Gasteiger partial charge in [-0.25, -0.2) is 0 Å². The fraction of sp³-hybridized carbons (Fsp3) is 1.00. The van der Waals surface area contributed by atoms with Crippen LogP contribution in [0.1, 0.15) is 25.7 Å². The zero-order valence-electron chi connectivity index (χ0n) is 9.45. The van der Waals surface area contributed by atoms with Gasteiger partial charge in [-0.3, -0.25) is 0 Å². The van der Waals surface area contributed by atoms with Crippen LogP contribution in [0, 0.1) is 5.92 Å². The average molecular weight is 210 g/mol. The van der Waals surface area contributed by atoms with Gasteiger partial charge in [0.2, 0.25) is 0 Å². The molecule has 0 aliphatic carbocycles. The monoisotopic (exact) mass is 210 g/mol. The number of hydrogen-bond donors (Lipinski definition) is 1. The van der Waals surface area contributed by atoms with Crippen LogP contribution in [0.25, 0.3) is 0 Å². The van der Waals surface area contributed by atoms with Crippen LogP contribution in [0.2, 0.25) is 0 Å². The summed E-state index contributed by atoms with van der Waals surface area (Å²) in [6.45, 7) is 5.60. The molecule has 3 saturated heterocycles. The molecular formula is C12H22N2O. The number of nitrogens with one attached hydrogen (secondary N) is 1. The average Bonchev–Trinajstić information content (AvgIpc) is 2.75. The molecular weight excluding hydrogens is 188 g/mol. The van der Waals surface area contributed by atoms with Crippen LogP contribution in [0.15, 0.2) is 0 Å². The van der Waals surface area contributed by atoms with E-state index >= 15 is 0 Å². The molecule has 1 N–H and O–H groups in total. The summed E-state index contributed by atoms with van der Waals surface area (Å²) < 4.78 is 5.49. The molecule has 0 radical (unpaired) electrons. The summed E-state index contributed by atoms with van der Waals surface area (Å²) in [6.07, 6.45) is 5.47. The standard InChI is InChI=1S/C12H22N2O/c1-4-14(5-7-15-6-1)9-10-8-11-2-3-12(10)13-11/h10-13H,1-9H2. The smallest absolute Gasteiger partial charge is 0.0593 e. The zero-order chi connectivity index (χ0) is 10.1. The summed E-state index contributed by atoms with van der Waals surface area (Å²) in [5.74, 6) is 0.918. The van der Waals surface area contributed by atoms with Gasteiger partial charge in [-0.2, -0.15) is 0 Å². The fourth-order valence-corrected chi connectivity index (χ4v) is 3.45. The van der Waals surface area contributed by atoms with Gasteiger partial charge in [0.25, 0.3) is 0 Å². The van der Waals surface area contributed by atoms with Crippen LogP contribution in [-0.4, -0.2) is 49.8 Å². The van der Waals surface area contributed by atoms with Gasteiger partial charge in [0, 0.05) is 38.3 Å². The van der Waals surface area contributed by atoms with Crippen molar-refractivity contribution >= 4 is 0 Å². The van der Waals surface area contributed by atoms with Gasteiger partial charge in [-0.1, -0.05) is 0 Å². The first kappa shape index (κ1) is 10.1. The van der Waals surface area contributed by atoms with Crippen molar-refractivity contribution in [2.45, 2.75) is 37.8 Å². The third-order valence-electron chi connectivity index (χ3n) is 4.24. The van der Waals surface area contributed by atoms with E-state index in [1.807, 2.05) is 0 Å². The SMILES string of the molecule is C1COCCN(CC2CC3CCC2N3)C1. The third-order valence-corrected chi connectivity index (χ3v) is 4.24. The molecule has 0 aromatic heterocycles. The maximum absolute atomic E-state index is 5.49. The Bertz CT molecular complexity index is 214. The second-order valence-corrected chi connectivity index (χ2v) is 5.31. The first-order valence-corrected chi connectivity index (χ1v) is 6.48. The van der Waals surface area contributed by atoms with Crippen molar-refractivity contribution in [2.75, 3.05) is 32.8 Å². The molecule has 3 heterocycles. The predicted octanol–water partition coefficient (Wildman–Crippen LogP) is 0.849. The predicted molar refractivity (Wildman–Crippen MR) is 59.9 cm³/mol. The molecule has 3 heteroatoms. The summed E-state index contributed by atoms with van der Waals surface area (Å²) in [4.78, 5) is 2.61. The normalized spacial score (nSPS) is 42.0. The summed E-state index contributed by atoms with van der Waals surface area (Å²) in [6, 6.07) is 1.68. The Morgan fingerprint density at radius 3 is 3.00 bits per heavy atom. The summed E-state index contributed by atoms with van der Waals surface area (Å²) >= 11 is 0. The zero-order valence-corrected chi connectivity index (χ0v) is 9.45. The molecule has 3 nitrogen and oxygen atoms in total. The van der Waals surface area contributed by atoms with Crippen molar-refractivity contribution in [3.8, 4) is 0 Å². The molecule has 0 aromatic carbocycles. The second-order valence-electron chi connectivity index (χ2n) is 5.31. The molecule has 3 fully saturated rings. The van der Waals surface area contributed by atoms with E-state index in [0.717, 1.165) is 37.8 Å². The largest absolute Gasteiger partial charge is 0.380 e. The van der Waals surface area contributed by atoms with Crippen molar-refractivity contribution in [3.05, 3.63) is 0 Å². The lowest BCUT2D eigenvalue weighted by atomic mass is 9.89. The maximum Gasteiger partial charge on any atom is 0.0593 e. The van der Waals surface area contributed by atoms with Crippen LogP contribution in [0.4, 0.5) is 0 Å². The minimum absolute atomic E-state index is 0.833. The molecule has 0 aromatic rings. The minimum Gasteiger partial charge on any atom is -0.380 e. The van der Waals surface area contributed by atoms with E-state index in [9.17, 15) is 0 Å². The van der Waals surface area contributed by atoms with Gasteiger partial charge in [-0.05, 0) is 31.6 Å². The molecule has 0 saturated carbocycles. The van der Waals surface area contributed by atoms with Crippen molar-refractivity contribution in [1.82, 2.24) is 10.2 Å². The molecule has 3 rings (SSSR count). The van der Waals surface area contributed by atoms with E-state index in [4.69, 9.17) is 4.74 Å². The van der Waals surface area contributed by atoms with Crippen LogP contribution < -0.4 is 5.32 Å². The first-order chi connectivity index (χ1) is 7.42. The van der Waals surface area contributed by atoms with E-state index in [1.54, 1.807) is 0 Å². The van der Waals surface area contributed by atoms with Crippen LogP contribution >= 0.6 is 0 Å². The highest BCUT2D eigenvalue weighted by atomic mass is 16.5. The molecule has 86 valence electrons. The van der Waals surface area contributed by atoms with Gasteiger partial charge in [0.05, 0.1) is 6.61 Å². The second kappa shape index (κ2) is 4.40. The number of ether oxygens (including phenoxy) is 1. The first-order valence-electron chi connectivity index (χ1n) is 6.48. The highest BCUT2D eigenvalue weighted by molar-refractivity contribution is 4.98. The van der Waals surface area contributed by atoms with Crippen LogP contribution in [0.5, 0.6) is 0 Å². The highest BCUT2D eigenvalue weighted by Gasteiger charge is 2.39. The molecule has 3 aliphatic heterocycles. The third kappa shape index (κ3) is 2.19. The number of nitrogens with zero attached hydrogens (tertiary/aromatic N) is 1. The molecule has 3 unspecified atom stereocenters. The van der Waals surface area contributed by atoms with Gasteiger partial charge in [-0.15, -0.1) is 0 Å². The van der Waals surface area contributed by atoms with Crippen molar-refractivity contribution in [3.63, 3.8) is 0 Å². The van der Waals surface area contributed by atoms with E-state index in [1.165, 1.54) is 38.8 Å². The summed E-state index contributed by atoms with van der Waals surface area (Å²) in [5.41, 5.74) is 0. The Morgan fingerprint density at radius 1 is 1.20 bits per heavy atom. The minimum atomic E-state index is 0.833. The molecule has 0 amide bonds. The Kier molecular flexibility index (Phi) is 2.95. The number of hydrogen-bond acceptors (Lipinski definition) is 3. The molecule has 0 spiro atoms. The van der Waals surface area contributed by atoms with Crippen LogP contribution in [0.3, 0.4) is 0 Å². The highest BCUT2D eigenvalue weighted by Crippen LogP contribution is 2.33. The molecule has 2 bridgehead atoms. The van der Waals surface area contributed by atoms with Crippen molar-refractivity contribution in [2.24, 2.45) is 5.92 Å². The van der Waals surface area contributed by atoms with E-state index in [-0.39, 0.29) is 0 Å². The fourth-order valence-electron chi connectivity index (χ4n) is 3.45. The van der Waals surface area contributed by atoms with Crippen molar-refractivity contribution < 1.29 is 4.74 Å². The van der Waals surface area contributed by atoms with E-state index < -0.39 is 0 Å². The molecule has 3 aliphatic rings. The quantitative estimate of drug-likeness (QED) is 0.731. The lowest BCUT2D eigenvalue weighted by Gasteiger charge is -2.27. The molecule has 15 heavy (non-hydrogen) atoms. The lowest BCUT2D eigenvalue weighted by Crippen LogP contribution is -2.36. The van der Waals surface area contributed by atoms with E-state index in [0.29, 0.717) is 0 Å². The van der Waals surface area contributed by atoms with Gasteiger partial charge < -0.3 is 15.0 Å². The maximum atomic E-state index is 5.49. The van der Waals surface area contributed by atoms with E-state index in [2.05, 4.69) is 10.2 Å². The Labute approximate surface area is 92.2 Å². The number of fused-ring (bicyclic) bond motifs is 2. The Morgan fingerprint density at radius 2 is 2.20 bits per heavy atom. The van der Waals surface area contributed by atoms with Gasteiger partial charge >= 0.3 is 0 Å². The topological polar surface area (TPSA) is 24.5 Å². The lowest BCUT2D eigenvalue weighted by molar-refractivity contribution is 0.136. The Hall–Kier alpha value is -0.120. The summed E-state index contributed by atoms with van der Waals surface area (Å²) in [7, 11) is 0. The number of rotatable bonds is 2. The van der Waals surface area contributed by atoms with Crippen molar-refractivity contribution in [1.29, 1.82) is 0 Å². The molecule has 3 atom stereocenters. The summed E-state index contributed by atoms with van der Waals surface area (Å²) in [5, 5.41) is 3.73. The van der Waals surface area contributed by atoms with Crippen LogP contribution in [-0.2, 0) is 4.74 Å². The Balaban J connectivity index is 1.51.